The highest BCUT2D eigenvalue weighted by Gasteiger charge is 2.31. The Labute approximate surface area is 125 Å². The molecule has 0 aromatic carbocycles. The molecule has 0 aliphatic carbocycles. The molecule has 1 saturated heterocycles. The van der Waals surface area contributed by atoms with Crippen LogP contribution in [0.4, 0.5) is 5.69 Å². The smallest absolute Gasteiger partial charge is 0.264 e. The van der Waals surface area contributed by atoms with Crippen LogP contribution in [0.5, 0.6) is 0 Å². The van der Waals surface area contributed by atoms with Crippen LogP contribution in [0.2, 0.25) is 0 Å². The van der Waals surface area contributed by atoms with Gasteiger partial charge in [-0.05, 0) is 13.3 Å². The highest BCUT2D eigenvalue weighted by molar-refractivity contribution is 7.21. The van der Waals surface area contributed by atoms with Gasteiger partial charge in [0.2, 0.25) is 5.91 Å². The van der Waals surface area contributed by atoms with Crippen molar-refractivity contribution in [1.29, 1.82) is 0 Å². The van der Waals surface area contributed by atoms with E-state index in [0.29, 0.717) is 23.5 Å². The third-order valence-electron chi connectivity index (χ3n) is 3.82. The average Bonchev–Trinajstić information content (AvgIpc) is 3.02. The molecule has 1 aliphatic rings. The quantitative estimate of drug-likeness (QED) is 0.844. The zero-order valence-corrected chi connectivity index (χ0v) is 13.0. The maximum atomic E-state index is 12.4. The maximum absolute atomic E-state index is 12.4. The summed E-state index contributed by atoms with van der Waals surface area (Å²) in [6.07, 6.45) is 0.631. The topological polar surface area (TPSA) is 93.2 Å². The van der Waals surface area contributed by atoms with Crippen molar-refractivity contribution in [3.05, 3.63) is 10.6 Å². The molecule has 2 aromatic rings. The van der Waals surface area contributed by atoms with E-state index in [9.17, 15) is 9.59 Å². The van der Waals surface area contributed by atoms with E-state index in [-0.39, 0.29) is 11.8 Å². The summed E-state index contributed by atoms with van der Waals surface area (Å²) in [5.74, 6) is -0.345. The van der Waals surface area contributed by atoms with Crippen molar-refractivity contribution in [2.75, 3.05) is 19.3 Å². The van der Waals surface area contributed by atoms with Gasteiger partial charge in [-0.25, -0.2) is 0 Å². The third-order valence-corrected chi connectivity index (χ3v) is 5.09. The molecule has 2 amide bonds. The van der Waals surface area contributed by atoms with Crippen molar-refractivity contribution < 1.29 is 9.59 Å². The summed E-state index contributed by atoms with van der Waals surface area (Å²) in [6.45, 7) is 2.53. The summed E-state index contributed by atoms with van der Waals surface area (Å²) in [5, 5.41) is 7.89. The first-order valence-electron chi connectivity index (χ1n) is 6.67. The Hall–Kier alpha value is -2.09. The zero-order chi connectivity index (χ0) is 15.3. The predicted octanol–water partition coefficient (Wildman–Crippen LogP) is 0.486. The van der Waals surface area contributed by atoms with E-state index in [1.165, 1.54) is 11.3 Å². The van der Waals surface area contributed by atoms with E-state index in [0.717, 1.165) is 15.9 Å². The van der Waals surface area contributed by atoms with Crippen molar-refractivity contribution in [2.45, 2.75) is 19.4 Å². The Balaban J connectivity index is 1.90. The molecular weight excluding hydrogens is 290 g/mol. The number of likely N-dealkylation sites (tertiary alicyclic amines) is 1. The Morgan fingerprint density at radius 1 is 1.48 bits per heavy atom. The van der Waals surface area contributed by atoms with Gasteiger partial charge >= 0.3 is 0 Å². The molecule has 1 aliphatic heterocycles. The molecule has 7 nitrogen and oxygen atoms in total. The number of anilines is 1. The monoisotopic (exact) mass is 307 g/mol. The van der Waals surface area contributed by atoms with Crippen molar-refractivity contribution >= 4 is 39.1 Å². The fraction of sp³-hybridized carbons (Fsp3) is 0.462. The number of nitrogen functional groups attached to an aromatic ring is 1. The summed E-state index contributed by atoms with van der Waals surface area (Å²) in [4.78, 5) is 27.2. The van der Waals surface area contributed by atoms with E-state index >= 15 is 0 Å². The minimum absolute atomic E-state index is 0.0547. The SMILES string of the molecule is Cc1nn(C)c2sc(C(=O)NC3CCN(C)C3=O)c(N)c12. The number of amides is 2. The second-order valence-electron chi connectivity index (χ2n) is 5.31. The molecular formula is C13H17N5O2S. The van der Waals surface area contributed by atoms with Gasteiger partial charge in [0.1, 0.15) is 15.7 Å². The Morgan fingerprint density at radius 3 is 2.76 bits per heavy atom. The van der Waals surface area contributed by atoms with Crippen molar-refractivity contribution in [1.82, 2.24) is 20.0 Å². The number of thiophene rings is 1. The van der Waals surface area contributed by atoms with Crippen LogP contribution in [-0.4, -0.2) is 46.1 Å². The fourth-order valence-electron chi connectivity index (χ4n) is 2.68. The minimum Gasteiger partial charge on any atom is -0.397 e. The van der Waals surface area contributed by atoms with Crippen LogP contribution in [-0.2, 0) is 11.8 Å². The molecule has 2 aromatic heterocycles. The summed E-state index contributed by atoms with van der Waals surface area (Å²) in [6, 6.07) is -0.452. The first-order valence-corrected chi connectivity index (χ1v) is 7.49. The number of carbonyl (C=O) groups excluding carboxylic acids is 2. The Morgan fingerprint density at radius 2 is 2.19 bits per heavy atom. The van der Waals surface area contributed by atoms with Crippen LogP contribution in [0.3, 0.4) is 0 Å². The Bertz CT molecular complexity index is 747. The van der Waals surface area contributed by atoms with Gasteiger partial charge in [-0.2, -0.15) is 5.10 Å². The maximum Gasteiger partial charge on any atom is 0.264 e. The largest absolute Gasteiger partial charge is 0.397 e. The number of aryl methyl sites for hydroxylation is 2. The lowest BCUT2D eigenvalue weighted by Gasteiger charge is -2.11. The number of hydrogen-bond acceptors (Lipinski definition) is 5. The van der Waals surface area contributed by atoms with Crippen molar-refractivity contribution in [2.24, 2.45) is 7.05 Å². The minimum atomic E-state index is -0.452. The first-order chi connectivity index (χ1) is 9.90. The third kappa shape index (κ3) is 2.06. The van der Waals surface area contributed by atoms with Gasteiger partial charge in [-0.3, -0.25) is 14.3 Å². The highest BCUT2D eigenvalue weighted by atomic mass is 32.1. The molecule has 3 heterocycles. The molecule has 3 rings (SSSR count). The summed E-state index contributed by atoms with van der Waals surface area (Å²) in [5.41, 5.74) is 7.34. The van der Waals surface area contributed by atoms with Crippen LogP contribution in [0.15, 0.2) is 0 Å². The normalized spacial score (nSPS) is 18.7. The van der Waals surface area contributed by atoms with Crippen LogP contribution in [0.1, 0.15) is 21.8 Å². The van der Waals surface area contributed by atoms with Crippen LogP contribution in [0, 0.1) is 6.92 Å². The number of carbonyl (C=O) groups is 2. The summed E-state index contributed by atoms with van der Waals surface area (Å²) in [7, 11) is 3.56. The lowest BCUT2D eigenvalue weighted by atomic mass is 10.2. The number of aromatic nitrogens is 2. The molecule has 1 atom stereocenters. The van der Waals surface area contributed by atoms with Crippen LogP contribution in [0.25, 0.3) is 10.2 Å². The number of likely N-dealkylation sites (N-methyl/N-ethyl adjacent to an activating group) is 1. The van der Waals surface area contributed by atoms with Gasteiger partial charge in [-0.1, -0.05) is 0 Å². The second kappa shape index (κ2) is 4.73. The number of nitrogens with one attached hydrogen (secondary N) is 1. The number of rotatable bonds is 2. The highest BCUT2D eigenvalue weighted by Crippen LogP contribution is 2.35. The van der Waals surface area contributed by atoms with E-state index < -0.39 is 6.04 Å². The van der Waals surface area contributed by atoms with E-state index in [2.05, 4.69) is 10.4 Å². The zero-order valence-electron chi connectivity index (χ0n) is 12.1. The molecule has 8 heteroatoms. The predicted molar refractivity (Wildman–Crippen MR) is 81.2 cm³/mol. The van der Waals surface area contributed by atoms with E-state index in [4.69, 9.17) is 5.73 Å². The van der Waals surface area contributed by atoms with Gasteiger partial charge < -0.3 is 16.0 Å². The van der Waals surface area contributed by atoms with Crippen LogP contribution >= 0.6 is 11.3 Å². The molecule has 0 saturated carbocycles. The fourth-order valence-corrected chi connectivity index (χ4v) is 3.77. The number of fused-ring (bicyclic) bond motifs is 1. The molecule has 3 N–H and O–H groups in total. The lowest BCUT2D eigenvalue weighted by Crippen LogP contribution is -2.40. The van der Waals surface area contributed by atoms with Crippen molar-refractivity contribution in [3.63, 3.8) is 0 Å². The van der Waals surface area contributed by atoms with Crippen molar-refractivity contribution in [3.8, 4) is 0 Å². The van der Waals surface area contributed by atoms with Gasteiger partial charge in [-0.15, -0.1) is 11.3 Å². The molecule has 0 bridgehead atoms. The summed E-state index contributed by atoms with van der Waals surface area (Å²) < 4.78 is 1.72. The van der Waals surface area contributed by atoms with Crippen LogP contribution < -0.4 is 11.1 Å². The van der Waals surface area contributed by atoms with E-state index in [1.807, 2.05) is 14.0 Å². The number of hydrogen-bond donors (Lipinski definition) is 2. The van der Waals surface area contributed by atoms with E-state index in [1.54, 1.807) is 16.6 Å². The molecule has 0 spiro atoms. The molecule has 0 radical (unpaired) electrons. The number of nitrogens with zero attached hydrogens (tertiary/aromatic N) is 3. The molecule has 1 unspecified atom stereocenters. The molecule has 1 fully saturated rings. The lowest BCUT2D eigenvalue weighted by molar-refractivity contribution is -0.128. The average molecular weight is 307 g/mol. The van der Waals surface area contributed by atoms with Gasteiger partial charge in [0.05, 0.1) is 16.8 Å². The second-order valence-corrected chi connectivity index (χ2v) is 6.31. The standard InChI is InChI=1S/C13H17N5O2S/c1-6-8-9(14)10(21-13(8)18(3)16-6)11(19)15-7-4-5-17(2)12(7)20/h7H,4-5,14H2,1-3H3,(H,15,19). The Kier molecular flexibility index (Phi) is 3.12. The summed E-state index contributed by atoms with van der Waals surface area (Å²) >= 11 is 1.30. The van der Waals surface area contributed by atoms with Gasteiger partial charge in [0.25, 0.3) is 5.91 Å². The van der Waals surface area contributed by atoms with Gasteiger partial charge in [0, 0.05) is 20.6 Å². The number of nitrogens with two attached hydrogens (primary N) is 1. The molecule has 21 heavy (non-hydrogen) atoms. The van der Waals surface area contributed by atoms with Gasteiger partial charge in [0.15, 0.2) is 0 Å². The first kappa shape index (κ1) is 13.9. The molecule has 112 valence electrons.